The van der Waals surface area contributed by atoms with E-state index in [9.17, 15) is 13.2 Å². The van der Waals surface area contributed by atoms with Gasteiger partial charge >= 0.3 is 0 Å². The Morgan fingerprint density at radius 1 is 1.07 bits per heavy atom. The molecule has 0 N–H and O–H groups in total. The van der Waals surface area contributed by atoms with Crippen molar-refractivity contribution in [2.24, 2.45) is 0 Å². The zero-order valence-electron chi connectivity index (χ0n) is 16.7. The van der Waals surface area contributed by atoms with Gasteiger partial charge in [0.05, 0.1) is 17.6 Å². The maximum atomic E-state index is 12.7. The van der Waals surface area contributed by atoms with Gasteiger partial charge in [-0.25, -0.2) is 8.42 Å². The van der Waals surface area contributed by atoms with Gasteiger partial charge in [0.15, 0.2) is 9.84 Å². The Morgan fingerprint density at radius 2 is 1.72 bits per heavy atom. The monoisotopic (exact) mass is 413 g/mol. The molecular formula is C23H27NO4S. The highest BCUT2D eigenvalue weighted by molar-refractivity contribution is 7.91. The average Bonchev–Trinajstić information content (AvgIpc) is 2.74. The third kappa shape index (κ3) is 5.94. The van der Waals surface area contributed by atoms with Crippen LogP contribution in [0.4, 0.5) is 0 Å². The maximum Gasteiger partial charge on any atom is 0.246 e. The highest BCUT2D eigenvalue weighted by atomic mass is 32.2. The lowest BCUT2D eigenvalue weighted by Gasteiger charge is -2.31. The Balaban J connectivity index is 1.52. The van der Waals surface area contributed by atoms with Crippen molar-refractivity contribution >= 4 is 21.8 Å². The van der Waals surface area contributed by atoms with E-state index < -0.39 is 9.84 Å². The van der Waals surface area contributed by atoms with E-state index in [4.69, 9.17) is 4.74 Å². The molecule has 0 unspecified atom stereocenters. The highest BCUT2D eigenvalue weighted by Crippen LogP contribution is 2.22. The molecule has 0 saturated carbocycles. The van der Waals surface area contributed by atoms with Gasteiger partial charge in [0.1, 0.15) is 5.75 Å². The second-order valence-electron chi connectivity index (χ2n) is 7.15. The summed E-state index contributed by atoms with van der Waals surface area (Å²) in [6.45, 7) is 3.48. The van der Waals surface area contributed by atoms with Crippen molar-refractivity contribution in [3.05, 3.63) is 71.8 Å². The van der Waals surface area contributed by atoms with E-state index in [1.54, 1.807) is 17.1 Å². The van der Waals surface area contributed by atoms with E-state index in [1.807, 2.05) is 61.5 Å². The van der Waals surface area contributed by atoms with Crippen LogP contribution in [0.5, 0.6) is 5.75 Å². The summed E-state index contributed by atoms with van der Waals surface area (Å²) in [5.74, 6) is 0.775. The van der Waals surface area contributed by atoms with Gasteiger partial charge < -0.3 is 9.64 Å². The van der Waals surface area contributed by atoms with Crippen LogP contribution in [0.1, 0.15) is 30.9 Å². The fraction of sp³-hybridized carbons (Fsp3) is 0.348. The van der Waals surface area contributed by atoms with Crippen molar-refractivity contribution in [1.29, 1.82) is 0 Å². The molecule has 29 heavy (non-hydrogen) atoms. The molecule has 2 aromatic carbocycles. The van der Waals surface area contributed by atoms with Crippen LogP contribution in [-0.4, -0.2) is 44.2 Å². The minimum absolute atomic E-state index is 0.0596. The summed E-state index contributed by atoms with van der Waals surface area (Å²) < 4.78 is 30.8. The molecule has 0 aliphatic carbocycles. The van der Waals surface area contributed by atoms with Crippen LogP contribution in [0.25, 0.3) is 6.08 Å². The Bertz CT molecular complexity index is 929. The lowest BCUT2D eigenvalue weighted by Crippen LogP contribution is -2.42. The fourth-order valence-electron chi connectivity index (χ4n) is 3.47. The van der Waals surface area contributed by atoms with Crippen LogP contribution < -0.4 is 4.74 Å². The number of sulfone groups is 1. The van der Waals surface area contributed by atoms with Crippen molar-refractivity contribution < 1.29 is 17.9 Å². The maximum absolute atomic E-state index is 12.7. The number of likely N-dealkylation sites (tertiary alicyclic amines) is 1. The lowest BCUT2D eigenvalue weighted by molar-refractivity contribution is -0.126. The summed E-state index contributed by atoms with van der Waals surface area (Å²) in [5.41, 5.74) is 1.73. The van der Waals surface area contributed by atoms with Crippen molar-refractivity contribution in [2.45, 2.75) is 30.8 Å². The molecule has 0 spiro atoms. The minimum atomic E-state index is -3.22. The summed E-state index contributed by atoms with van der Waals surface area (Å²) in [4.78, 5) is 14.2. The first-order valence-electron chi connectivity index (χ1n) is 9.93. The standard InChI is InChI=1S/C23H27NO4S/c1-2-28-21-11-8-19(9-12-21)10-13-23(25)24-16-14-22(15-17-24)29(26,27)18-20-6-4-3-5-7-20/h3-13,22H,2,14-18H2,1H3/b13-10+. The minimum Gasteiger partial charge on any atom is -0.494 e. The van der Waals surface area contributed by atoms with Crippen molar-refractivity contribution in [3.8, 4) is 5.75 Å². The zero-order chi connectivity index (χ0) is 20.7. The van der Waals surface area contributed by atoms with E-state index in [0.29, 0.717) is 32.5 Å². The first-order chi connectivity index (χ1) is 14.0. The van der Waals surface area contributed by atoms with Gasteiger partial charge in [-0.1, -0.05) is 42.5 Å². The van der Waals surface area contributed by atoms with E-state index in [0.717, 1.165) is 16.9 Å². The van der Waals surface area contributed by atoms with Gasteiger partial charge in [-0.2, -0.15) is 0 Å². The van der Waals surface area contributed by atoms with Gasteiger partial charge in [-0.3, -0.25) is 4.79 Å². The molecule has 1 aliphatic heterocycles. The topological polar surface area (TPSA) is 63.7 Å². The molecule has 6 heteroatoms. The van der Waals surface area contributed by atoms with Gasteiger partial charge in [0.2, 0.25) is 5.91 Å². The second kappa shape index (κ2) is 9.74. The Morgan fingerprint density at radius 3 is 2.34 bits per heavy atom. The summed E-state index contributed by atoms with van der Waals surface area (Å²) in [5, 5.41) is -0.387. The summed E-state index contributed by atoms with van der Waals surface area (Å²) in [7, 11) is -3.22. The molecule has 0 aromatic heterocycles. The Kier molecular flexibility index (Phi) is 7.09. The fourth-order valence-corrected chi connectivity index (χ4v) is 5.30. The van der Waals surface area contributed by atoms with Crippen LogP contribution in [0, 0.1) is 0 Å². The molecule has 1 fully saturated rings. The van der Waals surface area contributed by atoms with Crippen LogP contribution in [0.15, 0.2) is 60.7 Å². The van der Waals surface area contributed by atoms with Crippen LogP contribution in [0.2, 0.25) is 0 Å². The molecule has 1 saturated heterocycles. The summed E-state index contributed by atoms with van der Waals surface area (Å²) in [6, 6.07) is 16.8. The second-order valence-corrected chi connectivity index (χ2v) is 9.43. The van der Waals surface area contributed by atoms with Crippen LogP contribution >= 0.6 is 0 Å². The van der Waals surface area contributed by atoms with Crippen LogP contribution in [0.3, 0.4) is 0 Å². The number of carbonyl (C=O) groups is 1. The molecule has 1 heterocycles. The quantitative estimate of drug-likeness (QED) is 0.649. The number of amides is 1. The van der Waals surface area contributed by atoms with Crippen LogP contribution in [-0.2, 0) is 20.4 Å². The number of hydrogen-bond donors (Lipinski definition) is 0. The van der Waals surface area contributed by atoms with Gasteiger partial charge in [0.25, 0.3) is 0 Å². The molecule has 2 aromatic rings. The number of ether oxygens (including phenoxy) is 1. The number of hydrogen-bond acceptors (Lipinski definition) is 4. The molecule has 5 nitrogen and oxygen atoms in total. The predicted octanol–water partition coefficient (Wildman–Crippen LogP) is 3.70. The molecule has 0 radical (unpaired) electrons. The van der Waals surface area contributed by atoms with Gasteiger partial charge in [-0.05, 0) is 49.1 Å². The first-order valence-corrected chi connectivity index (χ1v) is 11.6. The predicted molar refractivity (Wildman–Crippen MR) is 115 cm³/mol. The lowest BCUT2D eigenvalue weighted by atomic mass is 10.1. The van der Waals surface area contributed by atoms with Gasteiger partial charge in [-0.15, -0.1) is 0 Å². The number of carbonyl (C=O) groups excluding carboxylic acids is 1. The summed E-state index contributed by atoms with van der Waals surface area (Å²) in [6.07, 6.45) is 4.29. The van der Waals surface area contributed by atoms with Crippen molar-refractivity contribution in [3.63, 3.8) is 0 Å². The first kappa shape index (κ1) is 21.1. The normalized spacial score (nSPS) is 15.6. The number of nitrogens with zero attached hydrogens (tertiary/aromatic N) is 1. The zero-order valence-corrected chi connectivity index (χ0v) is 17.5. The number of piperidine rings is 1. The largest absolute Gasteiger partial charge is 0.494 e. The number of benzene rings is 2. The third-order valence-electron chi connectivity index (χ3n) is 5.08. The third-order valence-corrected chi connectivity index (χ3v) is 7.30. The molecule has 1 amide bonds. The molecule has 1 aliphatic rings. The average molecular weight is 414 g/mol. The molecule has 154 valence electrons. The van der Waals surface area contributed by atoms with Crippen molar-refractivity contribution in [1.82, 2.24) is 4.90 Å². The van der Waals surface area contributed by atoms with E-state index in [-0.39, 0.29) is 16.9 Å². The van der Waals surface area contributed by atoms with Crippen molar-refractivity contribution in [2.75, 3.05) is 19.7 Å². The molecular weight excluding hydrogens is 386 g/mol. The molecule has 3 rings (SSSR count). The smallest absolute Gasteiger partial charge is 0.246 e. The summed E-state index contributed by atoms with van der Waals surface area (Å²) >= 11 is 0. The van der Waals surface area contributed by atoms with Gasteiger partial charge in [0, 0.05) is 19.2 Å². The highest BCUT2D eigenvalue weighted by Gasteiger charge is 2.31. The number of rotatable bonds is 7. The molecule has 0 atom stereocenters. The SMILES string of the molecule is CCOc1ccc(/C=C/C(=O)N2CCC(S(=O)(=O)Cc3ccccc3)CC2)cc1. The molecule has 0 bridgehead atoms. The van der Waals surface area contributed by atoms with E-state index in [2.05, 4.69) is 0 Å². The Hall–Kier alpha value is -2.60. The Labute approximate surface area is 172 Å². The van der Waals surface area contributed by atoms with E-state index in [1.165, 1.54) is 0 Å². The van der Waals surface area contributed by atoms with E-state index >= 15 is 0 Å².